The lowest BCUT2D eigenvalue weighted by Crippen LogP contribution is -1.99. The molecule has 4 heteroatoms. The van der Waals surface area contributed by atoms with Crippen molar-refractivity contribution in [3.63, 3.8) is 0 Å². The fourth-order valence-corrected chi connectivity index (χ4v) is 2.43. The SMILES string of the molecule is Clc1ccc(Cl)c(NCc2ccc3cnccc3c2)c1. The molecule has 0 fully saturated rings. The summed E-state index contributed by atoms with van der Waals surface area (Å²) in [5.41, 5.74) is 2.02. The molecule has 20 heavy (non-hydrogen) atoms. The predicted octanol–water partition coefficient (Wildman–Crippen LogP) is 5.15. The Hall–Kier alpha value is -1.77. The summed E-state index contributed by atoms with van der Waals surface area (Å²) in [4.78, 5) is 4.11. The van der Waals surface area contributed by atoms with Crippen LogP contribution in [0.3, 0.4) is 0 Å². The van der Waals surface area contributed by atoms with Gasteiger partial charge in [0, 0.05) is 29.3 Å². The van der Waals surface area contributed by atoms with Crippen LogP contribution in [0.2, 0.25) is 10.0 Å². The van der Waals surface area contributed by atoms with E-state index < -0.39 is 0 Å². The average molecular weight is 303 g/mol. The smallest absolute Gasteiger partial charge is 0.0638 e. The molecule has 0 saturated heterocycles. The topological polar surface area (TPSA) is 24.9 Å². The van der Waals surface area contributed by atoms with Gasteiger partial charge in [-0.25, -0.2) is 0 Å². The number of hydrogen-bond donors (Lipinski definition) is 1. The second kappa shape index (κ2) is 5.70. The molecular weight excluding hydrogens is 291 g/mol. The molecule has 0 aliphatic carbocycles. The van der Waals surface area contributed by atoms with Crippen LogP contribution in [-0.4, -0.2) is 4.98 Å². The Morgan fingerprint density at radius 2 is 1.85 bits per heavy atom. The van der Waals surface area contributed by atoms with Crippen molar-refractivity contribution in [1.29, 1.82) is 0 Å². The van der Waals surface area contributed by atoms with E-state index in [0.29, 0.717) is 16.6 Å². The van der Waals surface area contributed by atoms with Gasteiger partial charge in [-0.15, -0.1) is 0 Å². The van der Waals surface area contributed by atoms with Gasteiger partial charge < -0.3 is 5.32 Å². The minimum atomic E-state index is 0.666. The normalized spacial score (nSPS) is 10.7. The summed E-state index contributed by atoms with van der Waals surface area (Å²) < 4.78 is 0. The summed E-state index contributed by atoms with van der Waals surface area (Å²) in [6.45, 7) is 0.693. The van der Waals surface area contributed by atoms with Crippen LogP contribution in [0, 0.1) is 0 Å². The quantitative estimate of drug-likeness (QED) is 0.723. The summed E-state index contributed by atoms with van der Waals surface area (Å²) in [6.07, 6.45) is 3.66. The number of halogens is 2. The number of rotatable bonds is 3. The van der Waals surface area contributed by atoms with Crippen LogP contribution in [0.25, 0.3) is 10.8 Å². The van der Waals surface area contributed by atoms with Gasteiger partial charge in [0.25, 0.3) is 0 Å². The second-order valence-corrected chi connectivity index (χ2v) is 5.38. The summed E-state index contributed by atoms with van der Waals surface area (Å²) in [7, 11) is 0. The maximum atomic E-state index is 6.13. The first-order valence-corrected chi connectivity index (χ1v) is 6.99. The number of hydrogen-bond acceptors (Lipinski definition) is 2. The molecule has 0 aliphatic rings. The van der Waals surface area contributed by atoms with Crippen molar-refractivity contribution in [3.05, 3.63) is 70.5 Å². The first-order valence-electron chi connectivity index (χ1n) is 6.24. The van der Waals surface area contributed by atoms with Crippen molar-refractivity contribution in [1.82, 2.24) is 4.98 Å². The van der Waals surface area contributed by atoms with Gasteiger partial charge in [0.2, 0.25) is 0 Å². The first-order chi connectivity index (χ1) is 9.72. The van der Waals surface area contributed by atoms with E-state index >= 15 is 0 Å². The van der Waals surface area contributed by atoms with E-state index in [4.69, 9.17) is 23.2 Å². The highest BCUT2D eigenvalue weighted by Gasteiger charge is 2.02. The standard InChI is InChI=1S/C16H12Cl2N2/c17-14-3-4-15(18)16(8-14)20-9-11-1-2-13-10-19-6-5-12(13)7-11/h1-8,10,20H,9H2. The number of anilines is 1. The molecule has 100 valence electrons. The summed E-state index contributed by atoms with van der Waals surface area (Å²) in [5.74, 6) is 0. The largest absolute Gasteiger partial charge is 0.380 e. The molecule has 0 atom stereocenters. The van der Waals surface area contributed by atoms with Gasteiger partial charge in [-0.1, -0.05) is 35.3 Å². The van der Waals surface area contributed by atoms with Crippen molar-refractivity contribution in [3.8, 4) is 0 Å². The molecule has 2 aromatic carbocycles. The minimum Gasteiger partial charge on any atom is -0.380 e. The third-order valence-electron chi connectivity index (χ3n) is 3.12. The van der Waals surface area contributed by atoms with E-state index in [9.17, 15) is 0 Å². The van der Waals surface area contributed by atoms with Crippen molar-refractivity contribution in [2.45, 2.75) is 6.54 Å². The van der Waals surface area contributed by atoms with Gasteiger partial charge in [-0.3, -0.25) is 4.98 Å². The van der Waals surface area contributed by atoms with Gasteiger partial charge in [0.05, 0.1) is 10.7 Å². The van der Waals surface area contributed by atoms with Gasteiger partial charge in [0.15, 0.2) is 0 Å². The van der Waals surface area contributed by atoms with Crippen molar-refractivity contribution in [2.24, 2.45) is 0 Å². The highest BCUT2D eigenvalue weighted by Crippen LogP contribution is 2.26. The number of benzene rings is 2. The number of fused-ring (bicyclic) bond motifs is 1. The number of nitrogens with one attached hydrogen (secondary N) is 1. The fraction of sp³-hybridized carbons (Fsp3) is 0.0625. The Balaban J connectivity index is 1.81. The monoisotopic (exact) mass is 302 g/mol. The van der Waals surface area contributed by atoms with Crippen LogP contribution >= 0.6 is 23.2 Å². The van der Waals surface area contributed by atoms with E-state index in [1.54, 1.807) is 18.3 Å². The lowest BCUT2D eigenvalue weighted by Gasteiger charge is -2.09. The lowest BCUT2D eigenvalue weighted by atomic mass is 10.1. The minimum absolute atomic E-state index is 0.666. The molecule has 0 bridgehead atoms. The van der Waals surface area contributed by atoms with Crippen molar-refractivity contribution < 1.29 is 0 Å². The molecule has 3 aromatic rings. The molecule has 0 radical (unpaired) electrons. The highest BCUT2D eigenvalue weighted by molar-refractivity contribution is 6.35. The van der Waals surface area contributed by atoms with Crippen LogP contribution in [0.4, 0.5) is 5.69 Å². The molecule has 0 spiro atoms. The molecule has 1 heterocycles. The van der Waals surface area contributed by atoms with Gasteiger partial charge in [-0.2, -0.15) is 0 Å². The van der Waals surface area contributed by atoms with Crippen LogP contribution in [0.5, 0.6) is 0 Å². The van der Waals surface area contributed by atoms with E-state index in [1.165, 1.54) is 10.9 Å². The number of nitrogens with zero attached hydrogens (tertiary/aromatic N) is 1. The van der Waals surface area contributed by atoms with E-state index in [0.717, 1.165) is 11.1 Å². The fourth-order valence-electron chi connectivity index (χ4n) is 2.07. The van der Waals surface area contributed by atoms with E-state index in [1.807, 2.05) is 18.3 Å². The zero-order chi connectivity index (χ0) is 13.9. The van der Waals surface area contributed by atoms with E-state index in [2.05, 4.69) is 28.5 Å². The Labute approximate surface area is 127 Å². The number of pyridine rings is 1. The van der Waals surface area contributed by atoms with Crippen LogP contribution in [0.1, 0.15) is 5.56 Å². The number of aromatic nitrogens is 1. The predicted molar refractivity (Wildman–Crippen MR) is 85.5 cm³/mol. The molecular formula is C16H12Cl2N2. The molecule has 0 saturated carbocycles. The summed E-state index contributed by atoms with van der Waals surface area (Å²) in [5, 5.41) is 6.95. The Kier molecular flexibility index (Phi) is 3.77. The molecule has 3 rings (SSSR count). The Morgan fingerprint density at radius 3 is 2.75 bits per heavy atom. The van der Waals surface area contributed by atoms with E-state index in [-0.39, 0.29) is 0 Å². The van der Waals surface area contributed by atoms with Crippen molar-refractivity contribution >= 4 is 39.7 Å². The Morgan fingerprint density at radius 1 is 0.950 bits per heavy atom. The van der Waals surface area contributed by atoms with Gasteiger partial charge in [-0.05, 0) is 41.3 Å². The Bertz CT molecular complexity index is 756. The molecule has 0 amide bonds. The van der Waals surface area contributed by atoms with Gasteiger partial charge >= 0.3 is 0 Å². The zero-order valence-corrected chi connectivity index (χ0v) is 12.1. The molecule has 0 aliphatic heterocycles. The third kappa shape index (κ3) is 2.87. The average Bonchev–Trinajstić information content (AvgIpc) is 2.48. The third-order valence-corrected chi connectivity index (χ3v) is 3.68. The molecule has 1 N–H and O–H groups in total. The van der Waals surface area contributed by atoms with Crippen LogP contribution in [-0.2, 0) is 6.54 Å². The first kappa shape index (κ1) is 13.2. The second-order valence-electron chi connectivity index (χ2n) is 4.53. The lowest BCUT2D eigenvalue weighted by molar-refractivity contribution is 1.15. The van der Waals surface area contributed by atoms with Crippen LogP contribution in [0.15, 0.2) is 54.9 Å². The molecule has 2 nitrogen and oxygen atoms in total. The molecule has 0 unspecified atom stereocenters. The molecule has 1 aromatic heterocycles. The summed E-state index contributed by atoms with van der Waals surface area (Å²) >= 11 is 12.1. The summed E-state index contributed by atoms with van der Waals surface area (Å²) in [6, 6.07) is 13.7. The highest BCUT2D eigenvalue weighted by atomic mass is 35.5. The zero-order valence-electron chi connectivity index (χ0n) is 10.6. The van der Waals surface area contributed by atoms with Crippen LogP contribution < -0.4 is 5.32 Å². The van der Waals surface area contributed by atoms with Gasteiger partial charge in [0.1, 0.15) is 0 Å². The maximum Gasteiger partial charge on any atom is 0.0638 e. The maximum absolute atomic E-state index is 6.13. The van der Waals surface area contributed by atoms with Crippen molar-refractivity contribution in [2.75, 3.05) is 5.32 Å².